The summed E-state index contributed by atoms with van der Waals surface area (Å²) in [6.45, 7) is 0. The van der Waals surface area contributed by atoms with Crippen LogP contribution in [0.1, 0.15) is 10.4 Å². The molecule has 3 aromatic carbocycles. The first-order valence-electron chi connectivity index (χ1n) is 9.63. The number of anilines is 1. The van der Waals surface area contributed by atoms with Crippen LogP contribution in [0.2, 0.25) is 5.02 Å². The first kappa shape index (κ1) is 22.3. The van der Waals surface area contributed by atoms with Crippen LogP contribution in [0.5, 0.6) is 0 Å². The molecule has 32 heavy (non-hydrogen) atoms. The highest BCUT2D eigenvalue weighted by atomic mass is 79.9. The van der Waals surface area contributed by atoms with E-state index in [4.69, 9.17) is 11.6 Å². The van der Waals surface area contributed by atoms with Crippen molar-refractivity contribution < 1.29 is 9.59 Å². The number of halogens is 2. The Kier molecular flexibility index (Phi) is 7.09. The van der Waals surface area contributed by atoms with Crippen LogP contribution in [0.25, 0.3) is 11.3 Å². The molecule has 4 aromatic rings. The Hall–Kier alpha value is -2.87. The lowest BCUT2D eigenvalue weighted by atomic mass is 10.1. The predicted octanol–water partition coefficient (Wildman–Crippen LogP) is 6.39. The van der Waals surface area contributed by atoms with E-state index in [1.807, 2.05) is 42.5 Å². The maximum absolute atomic E-state index is 13.4. The number of nitrogens with zero attached hydrogens (tertiary/aromatic N) is 2. The molecule has 160 valence electrons. The molecule has 0 saturated heterocycles. The molecule has 0 bridgehead atoms. The summed E-state index contributed by atoms with van der Waals surface area (Å²) in [7, 11) is 0. The van der Waals surface area contributed by atoms with Gasteiger partial charge in [0.05, 0.1) is 17.6 Å². The smallest absolute Gasteiger partial charge is 0.264 e. The average molecular weight is 527 g/mol. The molecule has 0 aliphatic carbocycles. The van der Waals surface area contributed by atoms with Crippen molar-refractivity contribution in [2.24, 2.45) is 0 Å². The van der Waals surface area contributed by atoms with Gasteiger partial charge in [0.25, 0.3) is 5.91 Å². The number of rotatable bonds is 6. The molecule has 0 saturated carbocycles. The summed E-state index contributed by atoms with van der Waals surface area (Å²) in [5.74, 6) is -0.319. The van der Waals surface area contributed by atoms with Crippen LogP contribution in [-0.2, 0) is 4.79 Å². The highest BCUT2D eigenvalue weighted by Crippen LogP contribution is 2.28. The van der Waals surface area contributed by atoms with Gasteiger partial charge in [0, 0.05) is 26.3 Å². The van der Waals surface area contributed by atoms with Crippen LogP contribution >= 0.6 is 39.3 Å². The van der Waals surface area contributed by atoms with Gasteiger partial charge in [-0.05, 0) is 48.5 Å². The Morgan fingerprint density at radius 3 is 2.34 bits per heavy atom. The number of imidazole rings is 1. The number of carbonyl (C=O) groups excluding carboxylic acids is 2. The molecule has 0 fully saturated rings. The third-order valence-electron chi connectivity index (χ3n) is 4.55. The van der Waals surface area contributed by atoms with Crippen LogP contribution in [0.3, 0.4) is 0 Å². The highest BCUT2D eigenvalue weighted by Gasteiger charge is 2.20. The van der Waals surface area contributed by atoms with E-state index in [2.05, 4.69) is 26.2 Å². The number of benzene rings is 3. The normalized spacial score (nSPS) is 10.7. The molecule has 0 unspecified atom stereocenters. The number of amides is 1. The maximum Gasteiger partial charge on any atom is 0.264 e. The van der Waals surface area contributed by atoms with Crippen LogP contribution in [0, 0.1) is 0 Å². The first-order chi connectivity index (χ1) is 15.5. The molecule has 0 atom stereocenters. The quantitative estimate of drug-likeness (QED) is 0.296. The van der Waals surface area contributed by atoms with Gasteiger partial charge in [-0.15, -0.1) is 0 Å². The fraction of sp³-hybridized carbons (Fsp3) is 0.0417. The van der Waals surface area contributed by atoms with E-state index in [1.54, 1.807) is 47.2 Å². The molecule has 1 N–H and O–H groups in total. The maximum atomic E-state index is 13.4. The first-order valence-corrected chi connectivity index (χ1v) is 11.8. The number of carbonyl (C=O) groups is 2. The van der Waals surface area contributed by atoms with E-state index in [1.165, 1.54) is 11.8 Å². The molecule has 8 heteroatoms. The van der Waals surface area contributed by atoms with Gasteiger partial charge in [0.2, 0.25) is 5.91 Å². The number of nitrogens with one attached hydrogen (secondary N) is 1. The molecule has 1 amide bonds. The van der Waals surface area contributed by atoms with E-state index < -0.39 is 0 Å². The molecular formula is C24H17BrClN3O2S. The zero-order valence-electron chi connectivity index (χ0n) is 16.7. The van der Waals surface area contributed by atoms with Crippen molar-refractivity contribution in [1.29, 1.82) is 0 Å². The minimum Gasteiger partial charge on any atom is -0.325 e. The minimum atomic E-state index is -0.213. The van der Waals surface area contributed by atoms with Gasteiger partial charge in [-0.2, -0.15) is 0 Å². The minimum absolute atomic E-state index is 0.0987. The van der Waals surface area contributed by atoms with E-state index in [-0.39, 0.29) is 17.6 Å². The summed E-state index contributed by atoms with van der Waals surface area (Å²) in [4.78, 5) is 30.3. The van der Waals surface area contributed by atoms with Crippen molar-refractivity contribution in [3.05, 3.63) is 100 Å². The molecule has 0 radical (unpaired) electrons. The molecule has 0 aliphatic rings. The topological polar surface area (TPSA) is 64.0 Å². The van der Waals surface area contributed by atoms with Gasteiger partial charge in [0.1, 0.15) is 0 Å². The van der Waals surface area contributed by atoms with Crippen LogP contribution < -0.4 is 5.32 Å². The summed E-state index contributed by atoms with van der Waals surface area (Å²) in [6.07, 6.45) is 1.66. The Bertz CT molecular complexity index is 1240. The van der Waals surface area contributed by atoms with Gasteiger partial charge < -0.3 is 5.32 Å². The van der Waals surface area contributed by atoms with E-state index in [0.717, 1.165) is 10.0 Å². The molecular weight excluding hydrogens is 510 g/mol. The van der Waals surface area contributed by atoms with Crippen LogP contribution in [-0.4, -0.2) is 27.1 Å². The SMILES string of the molecule is O=C(CSc1ncc(-c2ccccc2)n1C(=O)c1ccc(Br)cc1)Nc1ccc(Cl)cc1. The fourth-order valence-corrected chi connectivity index (χ4v) is 4.19. The summed E-state index contributed by atoms with van der Waals surface area (Å²) in [5.41, 5.74) is 2.71. The molecule has 0 aliphatic heterocycles. The van der Waals surface area contributed by atoms with Gasteiger partial charge in [-0.1, -0.05) is 69.6 Å². The van der Waals surface area contributed by atoms with E-state index >= 15 is 0 Å². The van der Waals surface area contributed by atoms with Crippen molar-refractivity contribution in [1.82, 2.24) is 9.55 Å². The molecule has 0 spiro atoms. The van der Waals surface area contributed by atoms with Crippen molar-refractivity contribution >= 4 is 56.8 Å². The summed E-state index contributed by atoms with van der Waals surface area (Å²) in [5, 5.41) is 3.86. The van der Waals surface area contributed by atoms with E-state index in [9.17, 15) is 9.59 Å². The molecule has 5 nitrogen and oxygen atoms in total. The Morgan fingerprint density at radius 1 is 0.969 bits per heavy atom. The Balaban J connectivity index is 1.59. The van der Waals surface area contributed by atoms with Gasteiger partial charge >= 0.3 is 0 Å². The number of hydrogen-bond acceptors (Lipinski definition) is 4. The fourth-order valence-electron chi connectivity index (χ4n) is 3.03. The van der Waals surface area contributed by atoms with Crippen LogP contribution in [0.4, 0.5) is 5.69 Å². The van der Waals surface area contributed by atoms with Crippen molar-refractivity contribution in [2.45, 2.75) is 5.16 Å². The van der Waals surface area contributed by atoms with Crippen LogP contribution in [0.15, 0.2) is 94.7 Å². The van der Waals surface area contributed by atoms with Crippen molar-refractivity contribution in [2.75, 3.05) is 11.1 Å². The van der Waals surface area contributed by atoms with E-state index in [0.29, 0.717) is 27.1 Å². The number of thioether (sulfide) groups is 1. The number of hydrogen-bond donors (Lipinski definition) is 1. The van der Waals surface area contributed by atoms with Gasteiger partial charge in [-0.25, -0.2) is 4.98 Å². The average Bonchev–Trinajstić information content (AvgIpc) is 3.24. The number of aromatic nitrogens is 2. The highest BCUT2D eigenvalue weighted by molar-refractivity contribution is 9.10. The Labute approximate surface area is 203 Å². The predicted molar refractivity (Wildman–Crippen MR) is 132 cm³/mol. The third kappa shape index (κ3) is 5.30. The van der Waals surface area contributed by atoms with Crippen molar-refractivity contribution in [3.63, 3.8) is 0 Å². The molecule has 1 aromatic heterocycles. The Morgan fingerprint density at radius 2 is 1.66 bits per heavy atom. The summed E-state index contributed by atoms with van der Waals surface area (Å²) < 4.78 is 2.44. The second-order valence-corrected chi connectivity index (χ2v) is 9.08. The van der Waals surface area contributed by atoms with Gasteiger partial charge in [-0.3, -0.25) is 14.2 Å². The third-order valence-corrected chi connectivity index (χ3v) is 6.29. The monoisotopic (exact) mass is 525 g/mol. The zero-order chi connectivity index (χ0) is 22.5. The zero-order valence-corrected chi connectivity index (χ0v) is 19.8. The second-order valence-electron chi connectivity index (χ2n) is 6.78. The molecule has 1 heterocycles. The lowest BCUT2D eigenvalue weighted by Crippen LogP contribution is -2.17. The summed E-state index contributed by atoms with van der Waals surface area (Å²) in [6, 6.07) is 23.6. The van der Waals surface area contributed by atoms with Crippen molar-refractivity contribution in [3.8, 4) is 11.3 Å². The summed E-state index contributed by atoms with van der Waals surface area (Å²) >= 11 is 10.5. The lowest BCUT2D eigenvalue weighted by molar-refractivity contribution is -0.113. The molecule has 4 rings (SSSR count). The standard InChI is InChI=1S/C24H17BrClN3O2S/c25-18-8-6-17(7-9-18)23(31)29-21(16-4-2-1-3-5-16)14-27-24(29)32-15-22(30)28-20-12-10-19(26)11-13-20/h1-14H,15H2,(H,28,30). The lowest BCUT2D eigenvalue weighted by Gasteiger charge is -2.11. The second kappa shape index (κ2) is 10.2. The van der Waals surface area contributed by atoms with Gasteiger partial charge in [0.15, 0.2) is 5.16 Å². The largest absolute Gasteiger partial charge is 0.325 e.